The summed E-state index contributed by atoms with van der Waals surface area (Å²) in [5.41, 5.74) is 0. The van der Waals surface area contributed by atoms with Crippen molar-refractivity contribution in [3.05, 3.63) is 0 Å². The van der Waals surface area contributed by atoms with Crippen molar-refractivity contribution in [2.24, 2.45) is 10.9 Å². The molecule has 0 bridgehead atoms. The summed E-state index contributed by atoms with van der Waals surface area (Å²) in [6, 6.07) is 0. The molecule has 2 N–H and O–H groups in total. The van der Waals surface area contributed by atoms with Crippen LogP contribution in [0.1, 0.15) is 26.7 Å². The molecule has 2 fully saturated rings. The van der Waals surface area contributed by atoms with Crippen molar-refractivity contribution in [3.8, 4) is 0 Å². The monoisotopic (exact) mass is 453 g/mol. The Kier molecular flexibility index (Phi) is 12.0. The van der Waals surface area contributed by atoms with Gasteiger partial charge in [-0.1, -0.05) is 6.92 Å². The van der Waals surface area contributed by atoms with Crippen molar-refractivity contribution < 1.29 is 4.74 Å². The first-order valence-corrected chi connectivity index (χ1v) is 9.36. The Labute approximate surface area is 164 Å². The average molecular weight is 453 g/mol. The maximum Gasteiger partial charge on any atom is 0.191 e. The Bertz CT molecular complexity index is 350. The molecule has 2 rings (SSSR count). The second-order valence-corrected chi connectivity index (χ2v) is 6.50. The summed E-state index contributed by atoms with van der Waals surface area (Å²) in [6.07, 6.45) is 2.44. The Morgan fingerprint density at radius 1 is 1.12 bits per heavy atom. The summed E-state index contributed by atoms with van der Waals surface area (Å²) in [7, 11) is 0. The molecule has 0 aromatic heterocycles. The SMILES string of the molecule is CCNC(=NCC1CCN(CC)C1)NCCCN1CCOCC1.I. The highest BCUT2D eigenvalue weighted by atomic mass is 127. The van der Waals surface area contributed by atoms with Gasteiger partial charge in [-0.05, 0) is 45.3 Å². The smallest absolute Gasteiger partial charge is 0.191 e. The van der Waals surface area contributed by atoms with Crippen LogP contribution >= 0.6 is 24.0 Å². The van der Waals surface area contributed by atoms with Crippen LogP contribution in [0.15, 0.2) is 4.99 Å². The molecule has 0 spiro atoms. The van der Waals surface area contributed by atoms with E-state index < -0.39 is 0 Å². The van der Waals surface area contributed by atoms with Crippen LogP contribution in [-0.2, 0) is 4.74 Å². The van der Waals surface area contributed by atoms with E-state index in [1.165, 1.54) is 26.1 Å². The molecule has 24 heavy (non-hydrogen) atoms. The first-order chi connectivity index (χ1) is 11.3. The Morgan fingerprint density at radius 3 is 2.58 bits per heavy atom. The topological polar surface area (TPSA) is 52.1 Å². The third-order valence-electron chi connectivity index (χ3n) is 4.72. The van der Waals surface area contributed by atoms with Gasteiger partial charge < -0.3 is 20.3 Å². The van der Waals surface area contributed by atoms with Crippen LogP contribution in [0.4, 0.5) is 0 Å². The zero-order chi connectivity index (χ0) is 16.3. The molecule has 0 aromatic carbocycles. The van der Waals surface area contributed by atoms with E-state index >= 15 is 0 Å². The van der Waals surface area contributed by atoms with Crippen molar-refractivity contribution in [1.82, 2.24) is 20.4 Å². The molecule has 2 aliphatic heterocycles. The van der Waals surface area contributed by atoms with Crippen LogP contribution < -0.4 is 10.6 Å². The second-order valence-electron chi connectivity index (χ2n) is 6.50. The molecule has 1 atom stereocenters. The number of morpholine rings is 1. The van der Waals surface area contributed by atoms with Gasteiger partial charge in [-0.25, -0.2) is 0 Å². The molecular formula is C17H36IN5O. The van der Waals surface area contributed by atoms with Gasteiger partial charge in [-0.15, -0.1) is 24.0 Å². The van der Waals surface area contributed by atoms with Gasteiger partial charge in [0.05, 0.1) is 13.2 Å². The van der Waals surface area contributed by atoms with Gasteiger partial charge in [0.15, 0.2) is 5.96 Å². The van der Waals surface area contributed by atoms with Gasteiger partial charge in [-0.2, -0.15) is 0 Å². The van der Waals surface area contributed by atoms with Crippen molar-refractivity contribution in [3.63, 3.8) is 0 Å². The highest BCUT2D eigenvalue weighted by molar-refractivity contribution is 14.0. The predicted octanol–water partition coefficient (Wildman–Crippen LogP) is 1.22. The molecular weight excluding hydrogens is 417 g/mol. The van der Waals surface area contributed by atoms with Gasteiger partial charge in [0.25, 0.3) is 0 Å². The van der Waals surface area contributed by atoms with Crippen molar-refractivity contribution in [2.75, 3.05) is 72.1 Å². The summed E-state index contributed by atoms with van der Waals surface area (Å²) >= 11 is 0. The summed E-state index contributed by atoms with van der Waals surface area (Å²) in [6.45, 7) is 15.9. The average Bonchev–Trinajstić information content (AvgIpc) is 3.05. The van der Waals surface area contributed by atoms with Crippen LogP contribution in [0.25, 0.3) is 0 Å². The lowest BCUT2D eigenvalue weighted by Gasteiger charge is -2.26. The third kappa shape index (κ3) is 8.31. The van der Waals surface area contributed by atoms with Gasteiger partial charge in [0.2, 0.25) is 0 Å². The van der Waals surface area contributed by atoms with Crippen LogP contribution in [0, 0.1) is 5.92 Å². The van der Waals surface area contributed by atoms with E-state index in [2.05, 4.69) is 34.3 Å². The molecule has 142 valence electrons. The number of rotatable bonds is 8. The summed E-state index contributed by atoms with van der Waals surface area (Å²) < 4.78 is 5.38. The minimum absolute atomic E-state index is 0. The second kappa shape index (κ2) is 13.1. The Balaban J connectivity index is 0.00000288. The van der Waals surface area contributed by atoms with E-state index in [-0.39, 0.29) is 24.0 Å². The van der Waals surface area contributed by atoms with Crippen LogP contribution in [-0.4, -0.2) is 87.9 Å². The molecule has 1 unspecified atom stereocenters. The maximum atomic E-state index is 5.38. The van der Waals surface area contributed by atoms with E-state index in [1.807, 2.05) is 0 Å². The van der Waals surface area contributed by atoms with Gasteiger partial charge in [0, 0.05) is 39.3 Å². The fourth-order valence-corrected chi connectivity index (χ4v) is 3.25. The van der Waals surface area contributed by atoms with Crippen molar-refractivity contribution >= 4 is 29.9 Å². The van der Waals surface area contributed by atoms with Crippen LogP contribution in [0.2, 0.25) is 0 Å². The minimum Gasteiger partial charge on any atom is -0.379 e. The van der Waals surface area contributed by atoms with Crippen LogP contribution in [0.5, 0.6) is 0 Å². The lowest BCUT2D eigenvalue weighted by molar-refractivity contribution is 0.0376. The van der Waals surface area contributed by atoms with E-state index in [9.17, 15) is 0 Å². The molecule has 0 amide bonds. The molecule has 0 radical (unpaired) electrons. The van der Waals surface area contributed by atoms with E-state index in [4.69, 9.17) is 9.73 Å². The first-order valence-electron chi connectivity index (χ1n) is 9.36. The molecule has 6 nitrogen and oxygen atoms in total. The number of nitrogens with zero attached hydrogens (tertiary/aromatic N) is 3. The lowest BCUT2D eigenvalue weighted by atomic mass is 10.1. The number of hydrogen-bond acceptors (Lipinski definition) is 4. The summed E-state index contributed by atoms with van der Waals surface area (Å²) in [5.74, 6) is 1.70. The molecule has 7 heteroatoms. The number of aliphatic imine (C=N–C) groups is 1. The standard InChI is InChI=1S/C17H35N5O.HI/c1-3-18-17(20-14-16-6-9-21(4-2)15-16)19-7-5-8-22-10-12-23-13-11-22;/h16H,3-15H2,1-2H3,(H2,18,19,20);1H. The van der Waals surface area contributed by atoms with E-state index in [0.29, 0.717) is 0 Å². The first kappa shape index (κ1) is 21.9. The number of ether oxygens (including phenoxy) is 1. The number of guanidine groups is 1. The maximum absolute atomic E-state index is 5.38. The van der Waals surface area contributed by atoms with Crippen LogP contribution in [0.3, 0.4) is 0 Å². The number of nitrogens with one attached hydrogen (secondary N) is 2. The summed E-state index contributed by atoms with van der Waals surface area (Å²) in [5, 5.41) is 6.84. The van der Waals surface area contributed by atoms with Crippen molar-refractivity contribution in [1.29, 1.82) is 0 Å². The quantitative estimate of drug-likeness (QED) is 0.251. The lowest BCUT2D eigenvalue weighted by Crippen LogP contribution is -2.41. The highest BCUT2D eigenvalue weighted by Gasteiger charge is 2.20. The fraction of sp³-hybridized carbons (Fsp3) is 0.941. The Morgan fingerprint density at radius 2 is 1.92 bits per heavy atom. The van der Waals surface area contributed by atoms with Crippen molar-refractivity contribution in [2.45, 2.75) is 26.7 Å². The molecule has 2 saturated heterocycles. The fourth-order valence-electron chi connectivity index (χ4n) is 3.25. The summed E-state index contributed by atoms with van der Waals surface area (Å²) in [4.78, 5) is 9.78. The Hall–Kier alpha value is -0.120. The van der Waals surface area contributed by atoms with E-state index in [0.717, 1.165) is 70.8 Å². The van der Waals surface area contributed by atoms with E-state index in [1.54, 1.807) is 0 Å². The minimum atomic E-state index is 0. The highest BCUT2D eigenvalue weighted by Crippen LogP contribution is 2.15. The van der Waals surface area contributed by atoms with Gasteiger partial charge in [0.1, 0.15) is 0 Å². The largest absolute Gasteiger partial charge is 0.379 e. The molecule has 0 saturated carbocycles. The normalized spacial score (nSPS) is 23.1. The van der Waals surface area contributed by atoms with Gasteiger partial charge in [-0.3, -0.25) is 9.89 Å². The molecule has 0 aliphatic carbocycles. The van der Waals surface area contributed by atoms with Gasteiger partial charge >= 0.3 is 0 Å². The third-order valence-corrected chi connectivity index (χ3v) is 4.72. The zero-order valence-electron chi connectivity index (χ0n) is 15.4. The number of likely N-dealkylation sites (tertiary alicyclic amines) is 1. The molecule has 0 aromatic rings. The molecule has 2 aliphatic rings. The zero-order valence-corrected chi connectivity index (χ0v) is 17.8. The molecule has 2 heterocycles. The predicted molar refractivity (Wildman–Crippen MR) is 111 cm³/mol. The number of halogens is 1. The number of hydrogen-bond donors (Lipinski definition) is 2.